The van der Waals surface area contributed by atoms with Crippen molar-refractivity contribution >= 4 is 23.0 Å². The highest BCUT2D eigenvalue weighted by molar-refractivity contribution is 5.92. The van der Waals surface area contributed by atoms with Gasteiger partial charge in [0.15, 0.2) is 0 Å². The number of likely N-dealkylation sites (N-methyl/N-ethyl adjacent to an activating group) is 1. The van der Waals surface area contributed by atoms with Crippen molar-refractivity contribution in [1.29, 1.82) is 0 Å². The minimum absolute atomic E-state index is 0.505. The van der Waals surface area contributed by atoms with Crippen molar-refractivity contribution < 1.29 is 23.8 Å². The molecule has 7 nitrogen and oxygen atoms in total. The zero-order chi connectivity index (χ0) is 18.6. The second kappa shape index (κ2) is 8.02. The van der Waals surface area contributed by atoms with E-state index in [1.165, 1.54) is 18.4 Å². The molecule has 0 saturated heterocycles. The number of rotatable bonds is 6. The van der Waals surface area contributed by atoms with Gasteiger partial charge in [0.2, 0.25) is 6.29 Å². The number of aromatic nitrogens is 1. The van der Waals surface area contributed by atoms with Crippen LogP contribution >= 0.6 is 0 Å². The standard InChI is InChI=1S/C18H24N2O5/c1-12(21)24-13(2)25-18(22)20-11-14(8-9-19(3)4)16-10-15(23-5)6-7-17(16)20/h6-7,10-11,13H,8-9H2,1-5H3. The number of methoxy groups -OCH3 is 1. The molecular weight excluding hydrogens is 324 g/mol. The van der Waals surface area contributed by atoms with Gasteiger partial charge in [-0.2, -0.15) is 0 Å². The summed E-state index contributed by atoms with van der Waals surface area (Å²) in [6.45, 7) is 3.61. The van der Waals surface area contributed by atoms with Crippen LogP contribution < -0.4 is 4.74 Å². The molecule has 2 aromatic rings. The molecule has 0 radical (unpaired) electrons. The van der Waals surface area contributed by atoms with E-state index in [0.29, 0.717) is 0 Å². The Hall–Kier alpha value is -2.54. The summed E-state index contributed by atoms with van der Waals surface area (Å²) in [6.07, 6.45) is 0.985. The van der Waals surface area contributed by atoms with Crippen LogP contribution in [0.4, 0.5) is 4.79 Å². The van der Waals surface area contributed by atoms with Crippen LogP contribution in [0, 0.1) is 0 Å². The molecular formula is C18H24N2O5. The van der Waals surface area contributed by atoms with E-state index < -0.39 is 18.4 Å². The first-order valence-corrected chi connectivity index (χ1v) is 8.02. The van der Waals surface area contributed by atoms with Gasteiger partial charge in [-0.15, -0.1) is 0 Å². The van der Waals surface area contributed by atoms with Gasteiger partial charge in [0.25, 0.3) is 0 Å². The highest BCUT2D eigenvalue weighted by Crippen LogP contribution is 2.27. The molecule has 25 heavy (non-hydrogen) atoms. The monoisotopic (exact) mass is 348 g/mol. The lowest BCUT2D eigenvalue weighted by Crippen LogP contribution is -2.23. The SMILES string of the molecule is COc1ccc2c(c1)c(CCN(C)C)cn2C(=O)OC(C)OC(C)=O. The minimum Gasteiger partial charge on any atom is -0.497 e. The van der Waals surface area contributed by atoms with Gasteiger partial charge >= 0.3 is 12.1 Å². The zero-order valence-corrected chi connectivity index (χ0v) is 15.2. The number of hydrogen-bond acceptors (Lipinski definition) is 6. The number of esters is 1. The Labute approximate surface area is 147 Å². The number of ether oxygens (including phenoxy) is 3. The number of carbonyl (C=O) groups is 2. The largest absolute Gasteiger partial charge is 0.497 e. The quantitative estimate of drug-likeness (QED) is 0.590. The molecule has 2 rings (SSSR count). The van der Waals surface area contributed by atoms with Crippen LogP contribution in [0.25, 0.3) is 10.9 Å². The molecule has 0 bridgehead atoms. The predicted octanol–water partition coefficient (Wildman–Crippen LogP) is 2.65. The van der Waals surface area contributed by atoms with Gasteiger partial charge in [-0.25, -0.2) is 4.79 Å². The van der Waals surface area contributed by atoms with Gasteiger partial charge in [-0.05, 0) is 44.3 Å². The molecule has 0 spiro atoms. The number of carbonyl (C=O) groups excluding carboxylic acids is 2. The van der Waals surface area contributed by atoms with E-state index in [2.05, 4.69) is 4.90 Å². The van der Waals surface area contributed by atoms with E-state index >= 15 is 0 Å². The molecule has 0 N–H and O–H groups in total. The van der Waals surface area contributed by atoms with Crippen molar-refractivity contribution in [3.05, 3.63) is 30.0 Å². The van der Waals surface area contributed by atoms with Crippen LogP contribution in [0.5, 0.6) is 5.75 Å². The molecule has 0 fully saturated rings. The van der Waals surface area contributed by atoms with E-state index in [-0.39, 0.29) is 0 Å². The van der Waals surface area contributed by atoms with Crippen LogP contribution in [0.2, 0.25) is 0 Å². The highest BCUT2D eigenvalue weighted by Gasteiger charge is 2.18. The van der Waals surface area contributed by atoms with Gasteiger partial charge in [-0.1, -0.05) is 0 Å². The fraction of sp³-hybridized carbons (Fsp3) is 0.444. The highest BCUT2D eigenvalue weighted by atomic mass is 16.7. The maximum absolute atomic E-state index is 12.5. The molecule has 1 aromatic heterocycles. The third kappa shape index (κ3) is 4.73. The summed E-state index contributed by atoms with van der Waals surface area (Å²) >= 11 is 0. The van der Waals surface area contributed by atoms with Crippen molar-refractivity contribution in [2.45, 2.75) is 26.6 Å². The maximum Gasteiger partial charge on any atom is 0.421 e. The topological polar surface area (TPSA) is 70.0 Å². The first-order valence-electron chi connectivity index (χ1n) is 8.02. The molecule has 1 aromatic carbocycles. The predicted molar refractivity (Wildman–Crippen MR) is 93.9 cm³/mol. The minimum atomic E-state index is -0.953. The van der Waals surface area contributed by atoms with E-state index in [1.54, 1.807) is 19.4 Å². The van der Waals surface area contributed by atoms with E-state index in [4.69, 9.17) is 14.2 Å². The van der Waals surface area contributed by atoms with Crippen LogP contribution in [-0.2, 0) is 20.7 Å². The van der Waals surface area contributed by atoms with Crippen molar-refractivity contribution in [1.82, 2.24) is 9.47 Å². The second-order valence-electron chi connectivity index (χ2n) is 6.02. The third-order valence-corrected chi connectivity index (χ3v) is 3.72. The third-order valence-electron chi connectivity index (χ3n) is 3.72. The van der Waals surface area contributed by atoms with Gasteiger partial charge in [-0.3, -0.25) is 9.36 Å². The van der Waals surface area contributed by atoms with Gasteiger partial charge in [0.1, 0.15) is 5.75 Å². The summed E-state index contributed by atoms with van der Waals surface area (Å²) < 4.78 is 16.8. The number of fused-ring (bicyclic) bond motifs is 1. The fourth-order valence-electron chi connectivity index (χ4n) is 2.56. The van der Waals surface area contributed by atoms with Crippen LogP contribution in [0.3, 0.4) is 0 Å². The summed E-state index contributed by atoms with van der Waals surface area (Å²) in [7, 11) is 5.59. The number of nitrogens with zero attached hydrogens (tertiary/aromatic N) is 2. The molecule has 0 amide bonds. The van der Waals surface area contributed by atoms with Crippen LogP contribution in [0.15, 0.2) is 24.4 Å². The Morgan fingerprint density at radius 2 is 1.96 bits per heavy atom. The average Bonchev–Trinajstić information content (AvgIpc) is 2.89. The van der Waals surface area contributed by atoms with Crippen molar-refractivity contribution in [2.24, 2.45) is 0 Å². The molecule has 1 heterocycles. The number of hydrogen-bond donors (Lipinski definition) is 0. The zero-order valence-electron chi connectivity index (χ0n) is 15.2. The smallest absolute Gasteiger partial charge is 0.421 e. The Kier molecular flexibility index (Phi) is 6.03. The van der Waals surface area contributed by atoms with E-state index in [9.17, 15) is 9.59 Å². The van der Waals surface area contributed by atoms with Crippen molar-refractivity contribution in [3.8, 4) is 5.75 Å². The summed E-state index contributed by atoms with van der Waals surface area (Å²) in [5, 5.41) is 0.929. The first-order chi connectivity index (χ1) is 11.8. The molecule has 1 atom stereocenters. The van der Waals surface area contributed by atoms with Gasteiger partial charge in [0.05, 0.1) is 12.6 Å². The van der Waals surface area contributed by atoms with E-state index in [1.807, 2.05) is 26.2 Å². The lowest BCUT2D eigenvalue weighted by Gasteiger charge is -2.13. The van der Waals surface area contributed by atoms with Crippen molar-refractivity contribution in [2.75, 3.05) is 27.7 Å². The summed E-state index contributed by atoms with van der Waals surface area (Å²) in [5.41, 5.74) is 1.73. The first kappa shape index (κ1) is 18.8. The Morgan fingerprint density at radius 3 is 2.56 bits per heavy atom. The fourth-order valence-corrected chi connectivity index (χ4v) is 2.56. The Bertz CT molecular complexity index is 766. The normalized spacial score (nSPS) is 12.2. The van der Waals surface area contributed by atoms with Crippen molar-refractivity contribution in [3.63, 3.8) is 0 Å². The second-order valence-corrected chi connectivity index (χ2v) is 6.02. The molecule has 7 heteroatoms. The molecule has 0 aliphatic rings. The Balaban J connectivity index is 2.35. The maximum atomic E-state index is 12.5. The lowest BCUT2D eigenvalue weighted by molar-refractivity contribution is -0.161. The molecule has 0 aliphatic heterocycles. The average molecular weight is 348 g/mol. The summed E-state index contributed by atoms with van der Waals surface area (Å²) in [5.74, 6) is 0.215. The number of benzene rings is 1. The molecule has 0 aliphatic carbocycles. The van der Waals surface area contributed by atoms with Gasteiger partial charge < -0.3 is 19.1 Å². The van der Waals surface area contributed by atoms with Crippen LogP contribution in [0.1, 0.15) is 19.4 Å². The molecule has 1 unspecified atom stereocenters. The van der Waals surface area contributed by atoms with Crippen LogP contribution in [-0.4, -0.2) is 55.6 Å². The Morgan fingerprint density at radius 1 is 1.24 bits per heavy atom. The summed E-state index contributed by atoms with van der Waals surface area (Å²) in [4.78, 5) is 25.5. The molecule has 136 valence electrons. The van der Waals surface area contributed by atoms with Gasteiger partial charge in [0, 0.05) is 32.0 Å². The summed E-state index contributed by atoms with van der Waals surface area (Å²) in [6, 6.07) is 5.50. The van der Waals surface area contributed by atoms with E-state index in [0.717, 1.165) is 35.2 Å². The molecule has 0 saturated carbocycles. The lowest BCUT2D eigenvalue weighted by atomic mass is 10.1.